The smallest absolute Gasteiger partial charge is 0.273 e. The SMILES string of the molecule is Cc1ncccc1NC(=O)C1=NOC2(CCN(Cc3cccs3)C2)C1. The first-order valence-corrected chi connectivity index (χ1v) is 9.24. The predicted molar refractivity (Wildman–Crippen MR) is 97.7 cm³/mol. The lowest BCUT2D eigenvalue weighted by atomic mass is 9.96. The minimum absolute atomic E-state index is 0.204. The van der Waals surface area contributed by atoms with Crippen molar-refractivity contribution in [1.82, 2.24) is 9.88 Å². The Hall–Kier alpha value is -2.25. The molecule has 1 amide bonds. The number of carbonyl (C=O) groups excluding carboxylic acids is 1. The fourth-order valence-electron chi connectivity index (χ4n) is 3.36. The number of amides is 1. The molecule has 0 saturated carbocycles. The number of hydrogen-bond acceptors (Lipinski definition) is 6. The zero-order valence-corrected chi connectivity index (χ0v) is 14.9. The molecule has 4 rings (SSSR count). The van der Waals surface area contributed by atoms with E-state index in [1.807, 2.05) is 13.0 Å². The number of thiophene rings is 1. The van der Waals surface area contributed by atoms with E-state index < -0.39 is 0 Å². The van der Waals surface area contributed by atoms with Gasteiger partial charge in [-0.3, -0.25) is 14.7 Å². The summed E-state index contributed by atoms with van der Waals surface area (Å²) in [7, 11) is 0. The van der Waals surface area contributed by atoms with Gasteiger partial charge in [-0.25, -0.2) is 0 Å². The van der Waals surface area contributed by atoms with Gasteiger partial charge in [0.15, 0.2) is 5.60 Å². The molecule has 1 spiro atoms. The number of rotatable bonds is 4. The molecular formula is C18H20N4O2S. The summed E-state index contributed by atoms with van der Waals surface area (Å²) in [5, 5.41) is 9.07. The average Bonchev–Trinajstić information content (AvgIpc) is 3.33. The molecule has 2 aliphatic heterocycles. The van der Waals surface area contributed by atoms with Crippen LogP contribution in [0.4, 0.5) is 5.69 Å². The van der Waals surface area contributed by atoms with Crippen LogP contribution in [0.2, 0.25) is 0 Å². The van der Waals surface area contributed by atoms with Crippen LogP contribution < -0.4 is 5.32 Å². The van der Waals surface area contributed by atoms with Crippen molar-refractivity contribution < 1.29 is 9.63 Å². The fourth-order valence-corrected chi connectivity index (χ4v) is 4.10. The third-order valence-corrected chi connectivity index (χ3v) is 5.57. The summed E-state index contributed by atoms with van der Waals surface area (Å²) in [5.41, 5.74) is 1.60. The van der Waals surface area contributed by atoms with Crippen molar-refractivity contribution in [3.63, 3.8) is 0 Å². The van der Waals surface area contributed by atoms with E-state index in [9.17, 15) is 4.79 Å². The molecule has 0 radical (unpaired) electrons. The minimum Gasteiger partial charge on any atom is -0.387 e. The second-order valence-electron chi connectivity index (χ2n) is 6.62. The van der Waals surface area contributed by atoms with Crippen molar-refractivity contribution in [2.75, 3.05) is 18.4 Å². The summed E-state index contributed by atoms with van der Waals surface area (Å²) in [6.45, 7) is 4.56. The summed E-state index contributed by atoms with van der Waals surface area (Å²) in [6, 6.07) is 7.86. The van der Waals surface area contributed by atoms with Crippen molar-refractivity contribution in [2.45, 2.75) is 31.9 Å². The number of hydrogen-bond donors (Lipinski definition) is 1. The molecule has 0 aliphatic carbocycles. The van der Waals surface area contributed by atoms with Crippen LogP contribution >= 0.6 is 11.3 Å². The molecule has 25 heavy (non-hydrogen) atoms. The third-order valence-electron chi connectivity index (χ3n) is 4.71. The van der Waals surface area contributed by atoms with E-state index in [2.05, 4.69) is 37.9 Å². The van der Waals surface area contributed by atoms with Gasteiger partial charge in [0.2, 0.25) is 0 Å². The van der Waals surface area contributed by atoms with Gasteiger partial charge in [-0.2, -0.15) is 0 Å². The number of pyridine rings is 1. The Labute approximate surface area is 150 Å². The van der Waals surface area contributed by atoms with Crippen LogP contribution in [0.15, 0.2) is 41.0 Å². The van der Waals surface area contributed by atoms with Gasteiger partial charge in [0.05, 0.1) is 11.4 Å². The Balaban J connectivity index is 1.36. The molecule has 6 nitrogen and oxygen atoms in total. The molecule has 2 aromatic rings. The standard InChI is InChI=1S/C18H20N4O2S/c1-13-15(5-2-7-19-13)20-17(23)16-10-18(24-21-16)6-8-22(12-18)11-14-4-3-9-25-14/h2-5,7,9H,6,8,10-12H2,1H3,(H,20,23). The lowest BCUT2D eigenvalue weighted by molar-refractivity contribution is -0.110. The number of likely N-dealkylation sites (tertiary alicyclic amines) is 1. The monoisotopic (exact) mass is 356 g/mol. The Morgan fingerprint density at radius 3 is 3.16 bits per heavy atom. The van der Waals surface area contributed by atoms with E-state index in [0.717, 1.165) is 31.7 Å². The lowest BCUT2D eigenvalue weighted by Gasteiger charge is -2.21. The van der Waals surface area contributed by atoms with Gasteiger partial charge in [0, 0.05) is 43.5 Å². The van der Waals surface area contributed by atoms with Crippen LogP contribution in [0, 0.1) is 6.92 Å². The molecule has 4 heterocycles. The molecule has 1 N–H and O–H groups in total. The summed E-state index contributed by atoms with van der Waals surface area (Å²) >= 11 is 1.77. The van der Waals surface area contributed by atoms with Crippen molar-refractivity contribution in [3.8, 4) is 0 Å². The fraction of sp³-hybridized carbons (Fsp3) is 0.389. The van der Waals surface area contributed by atoms with E-state index in [-0.39, 0.29) is 11.5 Å². The summed E-state index contributed by atoms with van der Waals surface area (Å²) in [5.74, 6) is -0.204. The summed E-state index contributed by atoms with van der Waals surface area (Å²) in [4.78, 5) is 26.1. The largest absolute Gasteiger partial charge is 0.387 e. The Morgan fingerprint density at radius 2 is 2.36 bits per heavy atom. The number of nitrogens with zero attached hydrogens (tertiary/aromatic N) is 3. The van der Waals surface area contributed by atoms with E-state index in [1.165, 1.54) is 4.88 Å². The highest BCUT2D eigenvalue weighted by atomic mass is 32.1. The van der Waals surface area contributed by atoms with Crippen molar-refractivity contribution >= 4 is 28.6 Å². The zero-order chi connectivity index (χ0) is 17.3. The summed E-state index contributed by atoms with van der Waals surface area (Å²) < 4.78 is 0. The summed E-state index contributed by atoms with van der Waals surface area (Å²) in [6.07, 6.45) is 3.15. The molecule has 1 unspecified atom stereocenters. The maximum atomic E-state index is 12.5. The number of aromatic nitrogens is 1. The number of nitrogens with one attached hydrogen (secondary N) is 1. The first kappa shape index (κ1) is 16.2. The second-order valence-corrected chi connectivity index (χ2v) is 7.65. The Morgan fingerprint density at radius 1 is 1.44 bits per heavy atom. The highest BCUT2D eigenvalue weighted by molar-refractivity contribution is 7.09. The van der Waals surface area contributed by atoms with Crippen molar-refractivity contribution in [1.29, 1.82) is 0 Å². The minimum atomic E-state index is -0.353. The molecule has 0 bridgehead atoms. The Kier molecular flexibility index (Phi) is 4.27. The van der Waals surface area contributed by atoms with Crippen LogP contribution in [0.3, 0.4) is 0 Å². The molecule has 130 valence electrons. The van der Waals surface area contributed by atoms with Crippen LogP contribution in [0.1, 0.15) is 23.4 Å². The first-order valence-electron chi connectivity index (χ1n) is 8.36. The number of aryl methyl sites for hydroxylation is 1. The molecule has 1 fully saturated rings. The van der Waals surface area contributed by atoms with Gasteiger partial charge in [-0.05, 0) is 30.5 Å². The van der Waals surface area contributed by atoms with Crippen molar-refractivity contribution in [3.05, 3.63) is 46.4 Å². The maximum absolute atomic E-state index is 12.5. The average molecular weight is 356 g/mol. The van der Waals surface area contributed by atoms with Gasteiger partial charge in [0.25, 0.3) is 5.91 Å². The number of oxime groups is 1. The van der Waals surface area contributed by atoms with Crippen LogP contribution in [-0.4, -0.2) is 40.2 Å². The highest BCUT2D eigenvalue weighted by Gasteiger charge is 2.46. The number of anilines is 1. The predicted octanol–water partition coefficient (Wildman–Crippen LogP) is 2.81. The Bertz CT molecular complexity index is 805. The highest BCUT2D eigenvalue weighted by Crippen LogP contribution is 2.35. The molecule has 2 aliphatic rings. The topological polar surface area (TPSA) is 66.8 Å². The zero-order valence-electron chi connectivity index (χ0n) is 14.1. The normalized spacial score (nSPS) is 22.8. The maximum Gasteiger partial charge on any atom is 0.273 e. The van der Waals surface area contributed by atoms with Gasteiger partial charge < -0.3 is 10.2 Å². The van der Waals surface area contributed by atoms with E-state index in [0.29, 0.717) is 17.8 Å². The van der Waals surface area contributed by atoms with Gasteiger partial charge >= 0.3 is 0 Å². The molecular weight excluding hydrogens is 336 g/mol. The van der Waals surface area contributed by atoms with E-state index >= 15 is 0 Å². The van der Waals surface area contributed by atoms with Crippen LogP contribution in [0.25, 0.3) is 0 Å². The van der Waals surface area contributed by atoms with E-state index in [4.69, 9.17) is 4.84 Å². The lowest BCUT2D eigenvalue weighted by Crippen LogP contribution is -2.35. The third kappa shape index (κ3) is 3.43. The van der Waals surface area contributed by atoms with Gasteiger partial charge in [-0.15, -0.1) is 11.3 Å². The molecule has 2 aromatic heterocycles. The van der Waals surface area contributed by atoms with Crippen LogP contribution in [-0.2, 0) is 16.2 Å². The quantitative estimate of drug-likeness (QED) is 0.915. The van der Waals surface area contributed by atoms with E-state index in [1.54, 1.807) is 23.6 Å². The number of carbonyl (C=O) groups is 1. The van der Waals surface area contributed by atoms with Crippen LogP contribution in [0.5, 0.6) is 0 Å². The molecule has 7 heteroatoms. The second kappa shape index (κ2) is 6.57. The molecule has 1 atom stereocenters. The molecule has 1 saturated heterocycles. The van der Waals surface area contributed by atoms with Crippen molar-refractivity contribution in [2.24, 2.45) is 5.16 Å². The van der Waals surface area contributed by atoms with Gasteiger partial charge in [-0.1, -0.05) is 11.2 Å². The molecule has 0 aromatic carbocycles. The first-order chi connectivity index (χ1) is 12.1. The van der Waals surface area contributed by atoms with Gasteiger partial charge in [0.1, 0.15) is 5.71 Å².